The molecule has 5 rings (SSSR count). The summed E-state index contributed by atoms with van der Waals surface area (Å²) in [7, 11) is 3.99. The van der Waals surface area contributed by atoms with Crippen LogP contribution in [0.15, 0.2) is 48.7 Å². The van der Waals surface area contributed by atoms with Gasteiger partial charge in [-0.05, 0) is 63.7 Å². The van der Waals surface area contributed by atoms with Crippen LogP contribution in [0, 0.1) is 18.8 Å². The average Bonchev–Trinajstić information content (AvgIpc) is 3.38. The molecule has 0 amide bonds. The largest absolute Gasteiger partial charge is 0.398 e. The van der Waals surface area contributed by atoms with E-state index in [0.717, 1.165) is 35.5 Å². The molecule has 2 aromatic carbocycles. The second kappa shape index (κ2) is 8.61. The third-order valence-corrected chi connectivity index (χ3v) is 6.05. The van der Waals surface area contributed by atoms with Gasteiger partial charge in [0.25, 0.3) is 0 Å². The molecule has 0 saturated carbocycles. The Morgan fingerprint density at radius 3 is 2.88 bits per heavy atom. The number of aromatic nitrogens is 3. The Labute approximate surface area is 194 Å². The Kier molecular flexibility index (Phi) is 5.49. The standard InChI is InChI=1S/C27H28N6/c1-18-16-19(8-6-14-32(2)3)21(28)17-23(18)31-27-29-13-12-22(30-27)26-20-9-4-5-10-24(20)33-15-7-11-25(26)33/h4-5,9-10,12-13,16-17H,7,11,14-15,28H2,1-3H3,(H,29,30,31). The maximum Gasteiger partial charge on any atom is 0.227 e. The summed E-state index contributed by atoms with van der Waals surface area (Å²) < 4.78 is 2.43. The highest BCUT2D eigenvalue weighted by molar-refractivity contribution is 5.97. The number of anilines is 3. The molecule has 3 heterocycles. The molecule has 0 unspecified atom stereocenters. The topological polar surface area (TPSA) is 72.0 Å². The van der Waals surface area contributed by atoms with E-state index in [-0.39, 0.29) is 0 Å². The molecule has 0 radical (unpaired) electrons. The van der Waals surface area contributed by atoms with Gasteiger partial charge in [0.1, 0.15) is 0 Å². The number of nitrogens with zero attached hydrogens (tertiary/aromatic N) is 4. The van der Waals surface area contributed by atoms with Gasteiger partial charge in [-0.25, -0.2) is 9.97 Å². The minimum absolute atomic E-state index is 0.559. The third kappa shape index (κ3) is 4.04. The number of hydrogen-bond donors (Lipinski definition) is 2. The van der Waals surface area contributed by atoms with Crippen LogP contribution in [0.1, 0.15) is 23.2 Å². The van der Waals surface area contributed by atoms with Crippen LogP contribution in [-0.2, 0) is 13.0 Å². The van der Waals surface area contributed by atoms with Gasteiger partial charge in [0.05, 0.1) is 12.2 Å². The van der Waals surface area contributed by atoms with Crippen molar-refractivity contribution in [1.82, 2.24) is 19.4 Å². The number of rotatable bonds is 4. The summed E-state index contributed by atoms with van der Waals surface area (Å²) in [5.41, 5.74) is 14.5. The van der Waals surface area contributed by atoms with Crippen LogP contribution in [0.2, 0.25) is 0 Å². The third-order valence-electron chi connectivity index (χ3n) is 6.05. The minimum atomic E-state index is 0.559. The van der Waals surface area contributed by atoms with Crippen molar-refractivity contribution in [2.45, 2.75) is 26.3 Å². The molecule has 0 fully saturated rings. The highest BCUT2D eigenvalue weighted by Gasteiger charge is 2.22. The molecule has 0 spiro atoms. The summed E-state index contributed by atoms with van der Waals surface area (Å²) in [6, 6.07) is 14.5. The second-order valence-corrected chi connectivity index (χ2v) is 8.78. The van der Waals surface area contributed by atoms with Crippen LogP contribution in [0.5, 0.6) is 0 Å². The van der Waals surface area contributed by atoms with E-state index in [1.807, 2.05) is 50.3 Å². The van der Waals surface area contributed by atoms with Gasteiger partial charge in [0.2, 0.25) is 5.95 Å². The first-order valence-electron chi connectivity index (χ1n) is 11.3. The van der Waals surface area contributed by atoms with Crippen molar-refractivity contribution in [3.63, 3.8) is 0 Å². The van der Waals surface area contributed by atoms with Gasteiger partial charge in [-0.15, -0.1) is 0 Å². The zero-order chi connectivity index (χ0) is 22.9. The normalized spacial score (nSPS) is 12.6. The zero-order valence-electron chi connectivity index (χ0n) is 19.3. The van der Waals surface area contributed by atoms with E-state index in [1.165, 1.54) is 28.6 Å². The van der Waals surface area contributed by atoms with E-state index in [1.54, 1.807) is 0 Å². The molecule has 0 atom stereocenters. The summed E-state index contributed by atoms with van der Waals surface area (Å²) in [6.45, 7) is 3.79. The lowest BCUT2D eigenvalue weighted by atomic mass is 10.1. The lowest BCUT2D eigenvalue weighted by Crippen LogP contribution is -2.10. The molecule has 4 aromatic rings. The molecule has 0 saturated heterocycles. The van der Waals surface area contributed by atoms with Gasteiger partial charge in [-0.1, -0.05) is 30.0 Å². The van der Waals surface area contributed by atoms with Crippen molar-refractivity contribution in [2.24, 2.45) is 0 Å². The predicted molar refractivity (Wildman–Crippen MR) is 136 cm³/mol. The van der Waals surface area contributed by atoms with E-state index in [2.05, 4.69) is 51.0 Å². The van der Waals surface area contributed by atoms with Crippen molar-refractivity contribution in [3.8, 4) is 23.1 Å². The first-order valence-corrected chi connectivity index (χ1v) is 11.3. The first kappa shape index (κ1) is 21.0. The fourth-order valence-corrected chi connectivity index (χ4v) is 4.50. The number of benzene rings is 2. The van der Waals surface area contributed by atoms with Crippen molar-refractivity contribution >= 4 is 28.2 Å². The number of nitrogen functional groups attached to an aromatic ring is 1. The zero-order valence-corrected chi connectivity index (χ0v) is 19.3. The van der Waals surface area contributed by atoms with Crippen LogP contribution in [0.4, 0.5) is 17.3 Å². The molecule has 1 aliphatic heterocycles. The summed E-state index contributed by atoms with van der Waals surface area (Å²) in [5, 5.41) is 4.62. The monoisotopic (exact) mass is 436 g/mol. The van der Waals surface area contributed by atoms with E-state index < -0.39 is 0 Å². The maximum atomic E-state index is 6.29. The van der Waals surface area contributed by atoms with Crippen LogP contribution in [-0.4, -0.2) is 40.1 Å². The van der Waals surface area contributed by atoms with Gasteiger partial charge in [0, 0.05) is 51.8 Å². The van der Waals surface area contributed by atoms with E-state index in [9.17, 15) is 0 Å². The number of nitrogens with one attached hydrogen (secondary N) is 1. The second-order valence-electron chi connectivity index (χ2n) is 8.78. The molecule has 6 heteroatoms. The molecule has 2 aromatic heterocycles. The smallest absolute Gasteiger partial charge is 0.227 e. The Morgan fingerprint density at radius 1 is 1.18 bits per heavy atom. The summed E-state index contributed by atoms with van der Waals surface area (Å²) in [4.78, 5) is 11.4. The Balaban J connectivity index is 1.48. The van der Waals surface area contributed by atoms with Crippen molar-refractivity contribution in [1.29, 1.82) is 0 Å². The number of fused-ring (bicyclic) bond motifs is 3. The summed E-state index contributed by atoms with van der Waals surface area (Å²) in [6.07, 6.45) is 4.06. The SMILES string of the molecule is Cc1cc(C#CCN(C)C)c(N)cc1Nc1nccc(-c2c3n(c4ccccc24)CCC3)n1. The number of aryl methyl sites for hydroxylation is 2. The predicted octanol–water partition coefficient (Wildman–Crippen LogP) is 4.59. The molecule has 3 N–H and O–H groups in total. The summed E-state index contributed by atoms with van der Waals surface area (Å²) in [5.74, 6) is 6.87. The molecule has 0 bridgehead atoms. The van der Waals surface area contributed by atoms with Crippen molar-refractivity contribution < 1.29 is 0 Å². The minimum Gasteiger partial charge on any atom is -0.398 e. The first-order chi connectivity index (χ1) is 16.0. The van der Waals surface area contributed by atoms with Crippen LogP contribution < -0.4 is 11.1 Å². The van der Waals surface area contributed by atoms with Gasteiger partial charge in [-0.3, -0.25) is 4.90 Å². The molecule has 0 aliphatic carbocycles. The van der Waals surface area contributed by atoms with Crippen molar-refractivity contribution in [2.75, 3.05) is 31.7 Å². The molecule has 6 nitrogen and oxygen atoms in total. The fourth-order valence-electron chi connectivity index (χ4n) is 4.50. The van der Waals surface area contributed by atoms with E-state index in [4.69, 9.17) is 10.7 Å². The number of hydrogen-bond acceptors (Lipinski definition) is 5. The quantitative estimate of drug-likeness (QED) is 0.362. The lowest BCUT2D eigenvalue weighted by molar-refractivity contribution is 0.464. The molecule has 166 valence electrons. The number of nitrogens with two attached hydrogens (primary N) is 1. The van der Waals surface area contributed by atoms with E-state index in [0.29, 0.717) is 18.2 Å². The van der Waals surface area contributed by atoms with Gasteiger partial charge >= 0.3 is 0 Å². The highest BCUT2D eigenvalue weighted by atomic mass is 15.1. The van der Waals surface area contributed by atoms with Crippen LogP contribution in [0.3, 0.4) is 0 Å². The molecular weight excluding hydrogens is 408 g/mol. The average molecular weight is 437 g/mol. The number of para-hydroxylation sites is 1. The summed E-state index contributed by atoms with van der Waals surface area (Å²) >= 11 is 0. The Hall–Kier alpha value is -3.82. The van der Waals surface area contributed by atoms with Gasteiger partial charge in [0.15, 0.2) is 0 Å². The Morgan fingerprint density at radius 2 is 2.03 bits per heavy atom. The van der Waals surface area contributed by atoms with E-state index >= 15 is 0 Å². The lowest BCUT2D eigenvalue weighted by Gasteiger charge is -2.12. The highest BCUT2D eigenvalue weighted by Crippen LogP contribution is 2.38. The molecule has 33 heavy (non-hydrogen) atoms. The van der Waals surface area contributed by atoms with Crippen LogP contribution >= 0.6 is 0 Å². The fraction of sp³-hybridized carbons (Fsp3) is 0.259. The molecular formula is C27H28N6. The maximum absolute atomic E-state index is 6.29. The Bertz CT molecular complexity index is 1400. The molecule has 1 aliphatic rings. The van der Waals surface area contributed by atoms with Crippen LogP contribution in [0.25, 0.3) is 22.2 Å². The van der Waals surface area contributed by atoms with Crippen molar-refractivity contribution in [3.05, 3.63) is 65.5 Å². The van der Waals surface area contributed by atoms with Gasteiger partial charge in [-0.2, -0.15) is 0 Å². The van der Waals surface area contributed by atoms with Gasteiger partial charge < -0.3 is 15.6 Å².